The highest BCUT2D eigenvalue weighted by atomic mass is 16.5. The van der Waals surface area contributed by atoms with E-state index in [1.807, 2.05) is 6.92 Å². The topological polar surface area (TPSA) is 90.0 Å². The van der Waals surface area contributed by atoms with E-state index in [0.29, 0.717) is 23.8 Å². The van der Waals surface area contributed by atoms with Gasteiger partial charge in [0.1, 0.15) is 5.69 Å². The van der Waals surface area contributed by atoms with Crippen LogP contribution in [0.15, 0.2) is 17.4 Å². The summed E-state index contributed by atoms with van der Waals surface area (Å²) in [6.07, 6.45) is 1.47. The molecule has 0 saturated heterocycles. The lowest BCUT2D eigenvalue weighted by atomic mass is 10.3. The van der Waals surface area contributed by atoms with Crippen LogP contribution in [0.2, 0.25) is 0 Å². The Morgan fingerprint density at radius 2 is 2.33 bits per heavy atom. The second kappa shape index (κ2) is 5.04. The molecule has 0 saturated carbocycles. The van der Waals surface area contributed by atoms with Crippen LogP contribution in [-0.2, 0) is 0 Å². The first kappa shape index (κ1) is 11.1. The molecule has 0 bridgehead atoms. The van der Waals surface area contributed by atoms with Crippen molar-refractivity contribution >= 4 is 5.84 Å². The Morgan fingerprint density at radius 3 is 2.87 bits per heavy atom. The predicted octanol–water partition coefficient (Wildman–Crippen LogP) is 0.583. The molecule has 0 atom stereocenters. The number of hydrogen-bond acceptors (Lipinski definition) is 5. The summed E-state index contributed by atoms with van der Waals surface area (Å²) in [5.41, 5.74) is 5.71. The van der Waals surface area contributed by atoms with Gasteiger partial charge in [0.05, 0.1) is 19.9 Å². The van der Waals surface area contributed by atoms with Crippen molar-refractivity contribution in [3.63, 3.8) is 0 Å². The molecule has 1 heterocycles. The highest BCUT2D eigenvalue weighted by Crippen LogP contribution is 2.26. The van der Waals surface area contributed by atoms with E-state index in [4.69, 9.17) is 20.4 Å². The number of pyridine rings is 1. The number of amidine groups is 1. The number of methoxy groups -OCH3 is 1. The zero-order valence-electron chi connectivity index (χ0n) is 8.60. The quantitative estimate of drug-likeness (QED) is 0.329. The first-order chi connectivity index (χ1) is 7.22. The molecule has 1 aromatic rings. The smallest absolute Gasteiger partial charge is 0.188 e. The molecule has 0 unspecified atom stereocenters. The Balaban J connectivity index is 3.07. The molecule has 0 aromatic carbocycles. The van der Waals surface area contributed by atoms with Crippen LogP contribution in [0.4, 0.5) is 0 Å². The van der Waals surface area contributed by atoms with E-state index in [1.165, 1.54) is 13.3 Å². The molecule has 0 spiro atoms. The van der Waals surface area contributed by atoms with Crippen molar-refractivity contribution in [2.75, 3.05) is 13.7 Å². The standard InChI is InChI=1S/C9H13N3O3/c1-3-15-8-5-11-6(9(10)12-13)4-7(8)14-2/h4-5,13H,3H2,1-2H3,(H2,10,12). The molecule has 0 aliphatic rings. The van der Waals surface area contributed by atoms with Gasteiger partial charge in [0.25, 0.3) is 0 Å². The van der Waals surface area contributed by atoms with Gasteiger partial charge in [-0.25, -0.2) is 4.98 Å². The molecular formula is C9H13N3O3. The van der Waals surface area contributed by atoms with Crippen LogP contribution in [0.1, 0.15) is 12.6 Å². The minimum absolute atomic E-state index is 0.0728. The maximum absolute atomic E-state index is 8.48. The fourth-order valence-corrected chi connectivity index (χ4v) is 1.04. The number of hydrogen-bond donors (Lipinski definition) is 2. The van der Waals surface area contributed by atoms with Gasteiger partial charge in [-0.1, -0.05) is 5.16 Å². The van der Waals surface area contributed by atoms with E-state index in [9.17, 15) is 0 Å². The van der Waals surface area contributed by atoms with E-state index >= 15 is 0 Å². The second-order valence-electron chi connectivity index (χ2n) is 2.64. The molecule has 0 radical (unpaired) electrons. The number of ether oxygens (including phenoxy) is 2. The molecule has 0 aliphatic carbocycles. The minimum atomic E-state index is -0.0728. The Labute approximate surface area is 87.3 Å². The van der Waals surface area contributed by atoms with Crippen molar-refractivity contribution < 1.29 is 14.7 Å². The zero-order chi connectivity index (χ0) is 11.3. The SMILES string of the molecule is CCOc1cnc(/C(N)=N/O)cc1OC. The lowest BCUT2D eigenvalue weighted by Gasteiger charge is -2.09. The Bertz CT molecular complexity index is 366. The van der Waals surface area contributed by atoms with Crippen LogP contribution in [0, 0.1) is 0 Å². The summed E-state index contributed by atoms with van der Waals surface area (Å²) in [7, 11) is 1.51. The third-order valence-electron chi connectivity index (χ3n) is 1.72. The van der Waals surface area contributed by atoms with Crippen LogP contribution in [0.5, 0.6) is 11.5 Å². The summed E-state index contributed by atoms with van der Waals surface area (Å²) < 4.78 is 10.3. The fourth-order valence-electron chi connectivity index (χ4n) is 1.04. The number of nitrogens with two attached hydrogens (primary N) is 1. The monoisotopic (exact) mass is 211 g/mol. The van der Waals surface area contributed by atoms with Crippen LogP contribution in [0.25, 0.3) is 0 Å². The number of nitrogens with zero attached hydrogens (tertiary/aromatic N) is 2. The fraction of sp³-hybridized carbons (Fsp3) is 0.333. The highest BCUT2D eigenvalue weighted by molar-refractivity contribution is 5.95. The van der Waals surface area contributed by atoms with Gasteiger partial charge in [-0.2, -0.15) is 0 Å². The average molecular weight is 211 g/mol. The van der Waals surface area contributed by atoms with Crippen LogP contribution < -0.4 is 15.2 Å². The molecule has 0 fully saturated rings. The molecule has 1 rings (SSSR count). The third-order valence-corrected chi connectivity index (χ3v) is 1.72. The summed E-state index contributed by atoms with van der Waals surface area (Å²) in [4.78, 5) is 3.96. The van der Waals surface area contributed by atoms with Gasteiger partial charge >= 0.3 is 0 Å². The predicted molar refractivity (Wildman–Crippen MR) is 54.5 cm³/mol. The number of rotatable bonds is 4. The number of oxime groups is 1. The summed E-state index contributed by atoms with van der Waals surface area (Å²) in [6.45, 7) is 2.37. The van der Waals surface area contributed by atoms with Crippen LogP contribution >= 0.6 is 0 Å². The molecular weight excluding hydrogens is 198 g/mol. The molecule has 6 nitrogen and oxygen atoms in total. The average Bonchev–Trinajstić information content (AvgIpc) is 2.29. The van der Waals surface area contributed by atoms with Crippen molar-refractivity contribution in [3.8, 4) is 11.5 Å². The Morgan fingerprint density at radius 1 is 1.60 bits per heavy atom. The first-order valence-electron chi connectivity index (χ1n) is 4.37. The summed E-state index contributed by atoms with van der Waals surface area (Å²) in [5.74, 6) is 0.944. The van der Waals surface area contributed by atoms with Crippen LogP contribution in [0.3, 0.4) is 0 Å². The van der Waals surface area contributed by atoms with E-state index < -0.39 is 0 Å². The minimum Gasteiger partial charge on any atom is -0.493 e. The van der Waals surface area contributed by atoms with Crippen molar-refractivity contribution in [1.29, 1.82) is 0 Å². The van der Waals surface area contributed by atoms with Crippen molar-refractivity contribution in [3.05, 3.63) is 18.0 Å². The van der Waals surface area contributed by atoms with Crippen LogP contribution in [-0.4, -0.2) is 29.7 Å². The van der Waals surface area contributed by atoms with E-state index in [-0.39, 0.29) is 5.84 Å². The van der Waals surface area contributed by atoms with Gasteiger partial charge in [-0.05, 0) is 6.92 Å². The van der Waals surface area contributed by atoms with Gasteiger partial charge in [-0.15, -0.1) is 0 Å². The lowest BCUT2D eigenvalue weighted by Crippen LogP contribution is -2.15. The summed E-state index contributed by atoms with van der Waals surface area (Å²) in [5, 5.41) is 11.3. The Hall–Kier alpha value is -1.98. The summed E-state index contributed by atoms with van der Waals surface area (Å²) in [6, 6.07) is 1.54. The Kier molecular flexibility index (Phi) is 3.73. The third kappa shape index (κ3) is 2.49. The van der Waals surface area contributed by atoms with Gasteiger partial charge in [0.15, 0.2) is 17.3 Å². The molecule has 1 aromatic heterocycles. The van der Waals surface area contributed by atoms with E-state index in [1.54, 1.807) is 6.07 Å². The molecule has 6 heteroatoms. The number of aromatic nitrogens is 1. The van der Waals surface area contributed by atoms with Gasteiger partial charge in [0, 0.05) is 6.07 Å². The molecule has 15 heavy (non-hydrogen) atoms. The van der Waals surface area contributed by atoms with Crippen molar-refractivity contribution in [2.45, 2.75) is 6.92 Å². The van der Waals surface area contributed by atoms with Gasteiger partial charge in [-0.3, -0.25) is 0 Å². The van der Waals surface area contributed by atoms with E-state index in [0.717, 1.165) is 0 Å². The first-order valence-corrected chi connectivity index (χ1v) is 4.37. The highest BCUT2D eigenvalue weighted by Gasteiger charge is 2.08. The largest absolute Gasteiger partial charge is 0.493 e. The normalized spacial score (nSPS) is 11.2. The van der Waals surface area contributed by atoms with Gasteiger partial charge in [0.2, 0.25) is 0 Å². The van der Waals surface area contributed by atoms with E-state index in [2.05, 4.69) is 10.1 Å². The van der Waals surface area contributed by atoms with Crippen molar-refractivity contribution in [2.24, 2.45) is 10.9 Å². The summed E-state index contributed by atoms with van der Waals surface area (Å²) >= 11 is 0. The maximum atomic E-state index is 8.48. The molecule has 3 N–H and O–H groups in total. The zero-order valence-corrected chi connectivity index (χ0v) is 8.60. The molecule has 0 aliphatic heterocycles. The maximum Gasteiger partial charge on any atom is 0.188 e. The van der Waals surface area contributed by atoms with Crippen molar-refractivity contribution in [1.82, 2.24) is 4.98 Å². The lowest BCUT2D eigenvalue weighted by molar-refractivity contribution is 0.309. The van der Waals surface area contributed by atoms with Gasteiger partial charge < -0.3 is 20.4 Å². The second-order valence-corrected chi connectivity index (χ2v) is 2.64. The molecule has 82 valence electrons. The molecule has 0 amide bonds.